The second-order valence-electron chi connectivity index (χ2n) is 6.80. The van der Waals surface area contributed by atoms with E-state index < -0.39 is 4.92 Å². The molecular weight excluding hydrogens is 280 g/mol. The molecule has 1 aromatic carbocycles. The van der Waals surface area contributed by atoms with E-state index in [2.05, 4.69) is 12.2 Å². The molecule has 0 saturated heterocycles. The maximum absolute atomic E-state index is 12.2. The summed E-state index contributed by atoms with van der Waals surface area (Å²) in [7, 11) is 0. The molecule has 22 heavy (non-hydrogen) atoms. The van der Waals surface area contributed by atoms with E-state index in [9.17, 15) is 14.9 Å². The maximum atomic E-state index is 12.2. The first kappa shape index (κ1) is 15.0. The lowest BCUT2D eigenvalue weighted by atomic mass is 9.84. The van der Waals surface area contributed by atoms with Crippen LogP contribution in [0.25, 0.3) is 0 Å². The molecule has 1 amide bonds. The molecule has 2 aliphatic carbocycles. The Morgan fingerprint density at radius 2 is 2.05 bits per heavy atom. The van der Waals surface area contributed by atoms with Crippen molar-refractivity contribution >= 4 is 11.6 Å². The van der Waals surface area contributed by atoms with E-state index in [-0.39, 0.29) is 24.1 Å². The number of carbonyl (C=O) groups is 1. The average Bonchev–Trinajstić information content (AvgIpc) is 3.10. The highest BCUT2D eigenvalue weighted by molar-refractivity contribution is 5.78. The standard InChI is InChI=1S/C17H22N2O3/c1-11(16-9-13-2-5-14(16)8-13)18-17(20)10-12-3-6-15(7-4-12)19(21)22/h3-4,6-7,11,13-14,16H,2,5,8-10H2,1H3,(H,18,20). The van der Waals surface area contributed by atoms with Crippen LogP contribution in [-0.2, 0) is 11.2 Å². The molecule has 4 atom stereocenters. The number of rotatable bonds is 5. The van der Waals surface area contributed by atoms with Crippen molar-refractivity contribution in [3.8, 4) is 0 Å². The number of nitro groups is 1. The van der Waals surface area contributed by atoms with Crippen LogP contribution in [0.4, 0.5) is 5.69 Å². The van der Waals surface area contributed by atoms with Crippen molar-refractivity contribution in [2.75, 3.05) is 0 Å². The molecule has 3 rings (SSSR count). The third-order valence-electron chi connectivity index (χ3n) is 5.34. The molecule has 0 radical (unpaired) electrons. The van der Waals surface area contributed by atoms with E-state index in [1.54, 1.807) is 12.1 Å². The van der Waals surface area contributed by atoms with Gasteiger partial charge in [-0.25, -0.2) is 0 Å². The van der Waals surface area contributed by atoms with Gasteiger partial charge in [0.15, 0.2) is 0 Å². The van der Waals surface area contributed by atoms with Crippen molar-refractivity contribution in [3.63, 3.8) is 0 Å². The Morgan fingerprint density at radius 3 is 2.59 bits per heavy atom. The van der Waals surface area contributed by atoms with E-state index in [0.717, 1.165) is 17.4 Å². The van der Waals surface area contributed by atoms with Gasteiger partial charge < -0.3 is 5.32 Å². The first-order valence-electron chi connectivity index (χ1n) is 8.05. The molecule has 5 heteroatoms. The molecule has 1 N–H and O–H groups in total. The minimum Gasteiger partial charge on any atom is -0.353 e. The topological polar surface area (TPSA) is 72.2 Å². The van der Waals surface area contributed by atoms with Crippen LogP contribution in [0.5, 0.6) is 0 Å². The highest BCUT2D eigenvalue weighted by Crippen LogP contribution is 2.49. The molecule has 118 valence electrons. The lowest BCUT2D eigenvalue weighted by Crippen LogP contribution is -2.40. The molecule has 2 saturated carbocycles. The van der Waals surface area contributed by atoms with Crippen molar-refractivity contribution in [3.05, 3.63) is 39.9 Å². The molecule has 0 aliphatic heterocycles. The predicted molar refractivity (Wildman–Crippen MR) is 83.3 cm³/mol. The van der Waals surface area contributed by atoms with Gasteiger partial charge in [0.25, 0.3) is 5.69 Å². The Balaban J connectivity index is 1.52. The molecule has 2 fully saturated rings. The third kappa shape index (κ3) is 3.13. The molecule has 5 nitrogen and oxygen atoms in total. The van der Waals surface area contributed by atoms with Gasteiger partial charge in [-0.3, -0.25) is 14.9 Å². The number of nitro benzene ring substituents is 1. The van der Waals surface area contributed by atoms with E-state index in [4.69, 9.17) is 0 Å². The molecule has 2 aliphatic rings. The summed E-state index contributed by atoms with van der Waals surface area (Å²) in [5.41, 5.74) is 0.864. The summed E-state index contributed by atoms with van der Waals surface area (Å²) in [4.78, 5) is 22.3. The molecule has 0 aromatic heterocycles. The number of nitrogens with zero attached hydrogens (tertiary/aromatic N) is 1. The Kier molecular flexibility index (Phi) is 4.14. The van der Waals surface area contributed by atoms with Crippen LogP contribution in [0.1, 0.15) is 38.2 Å². The largest absolute Gasteiger partial charge is 0.353 e. The van der Waals surface area contributed by atoms with E-state index >= 15 is 0 Å². The first-order valence-corrected chi connectivity index (χ1v) is 8.05. The smallest absolute Gasteiger partial charge is 0.269 e. The Hall–Kier alpha value is -1.91. The number of amides is 1. The normalized spacial score (nSPS) is 27.6. The lowest BCUT2D eigenvalue weighted by Gasteiger charge is -2.28. The molecule has 4 unspecified atom stereocenters. The van der Waals surface area contributed by atoms with Gasteiger partial charge in [-0.05, 0) is 49.5 Å². The number of hydrogen-bond donors (Lipinski definition) is 1. The molecule has 2 bridgehead atoms. The molecule has 0 spiro atoms. The second-order valence-corrected chi connectivity index (χ2v) is 6.80. The van der Waals surface area contributed by atoms with E-state index in [1.165, 1.54) is 37.8 Å². The minimum absolute atomic E-state index is 0.00382. The fourth-order valence-electron chi connectivity index (χ4n) is 4.24. The predicted octanol–water partition coefficient (Wildman–Crippen LogP) is 3.08. The summed E-state index contributed by atoms with van der Waals surface area (Å²) in [5, 5.41) is 13.7. The minimum atomic E-state index is -0.430. The Labute approximate surface area is 130 Å². The number of carbonyl (C=O) groups excluding carboxylic acids is 1. The van der Waals surface area contributed by atoms with Gasteiger partial charge in [0, 0.05) is 18.2 Å². The van der Waals surface area contributed by atoms with E-state index in [0.29, 0.717) is 5.92 Å². The highest BCUT2D eigenvalue weighted by atomic mass is 16.6. The van der Waals surface area contributed by atoms with Crippen molar-refractivity contribution in [2.45, 2.75) is 45.1 Å². The third-order valence-corrected chi connectivity index (χ3v) is 5.34. The quantitative estimate of drug-likeness (QED) is 0.671. The van der Waals surface area contributed by atoms with Crippen LogP contribution in [0.2, 0.25) is 0 Å². The monoisotopic (exact) mass is 302 g/mol. The van der Waals surface area contributed by atoms with Gasteiger partial charge in [0.1, 0.15) is 0 Å². The lowest BCUT2D eigenvalue weighted by molar-refractivity contribution is -0.384. The van der Waals surface area contributed by atoms with Gasteiger partial charge in [-0.2, -0.15) is 0 Å². The number of benzene rings is 1. The van der Waals surface area contributed by atoms with Gasteiger partial charge in [-0.15, -0.1) is 0 Å². The van der Waals surface area contributed by atoms with E-state index in [1.807, 2.05) is 0 Å². The summed E-state index contributed by atoms with van der Waals surface area (Å²) in [6.45, 7) is 2.11. The number of fused-ring (bicyclic) bond motifs is 2. The molecule has 0 heterocycles. The van der Waals surface area contributed by atoms with Gasteiger partial charge in [0.05, 0.1) is 11.3 Å². The summed E-state index contributed by atoms with van der Waals surface area (Å²) in [5.74, 6) is 2.30. The summed E-state index contributed by atoms with van der Waals surface area (Å²) < 4.78 is 0. The van der Waals surface area contributed by atoms with Crippen LogP contribution in [0, 0.1) is 27.9 Å². The summed E-state index contributed by atoms with van der Waals surface area (Å²) >= 11 is 0. The SMILES string of the molecule is CC(NC(=O)Cc1ccc([N+](=O)[O-])cc1)C1CC2CCC1C2. The van der Waals surface area contributed by atoms with Crippen molar-refractivity contribution in [2.24, 2.45) is 17.8 Å². The van der Waals surface area contributed by atoms with Crippen LogP contribution < -0.4 is 5.32 Å². The molecular formula is C17H22N2O3. The van der Waals surface area contributed by atoms with Crippen molar-refractivity contribution in [1.29, 1.82) is 0 Å². The summed E-state index contributed by atoms with van der Waals surface area (Å²) in [6, 6.07) is 6.42. The summed E-state index contributed by atoms with van der Waals surface area (Å²) in [6.07, 6.45) is 5.56. The Bertz CT molecular complexity index is 570. The van der Waals surface area contributed by atoms with Crippen molar-refractivity contribution in [1.82, 2.24) is 5.32 Å². The van der Waals surface area contributed by atoms with Crippen LogP contribution in [-0.4, -0.2) is 16.9 Å². The van der Waals surface area contributed by atoms with Crippen molar-refractivity contribution < 1.29 is 9.72 Å². The zero-order valence-corrected chi connectivity index (χ0v) is 12.8. The number of hydrogen-bond acceptors (Lipinski definition) is 3. The zero-order valence-electron chi connectivity index (χ0n) is 12.8. The first-order chi connectivity index (χ1) is 10.5. The number of nitrogens with one attached hydrogen (secondary N) is 1. The fourth-order valence-corrected chi connectivity index (χ4v) is 4.24. The van der Waals surface area contributed by atoms with Gasteiger partial charge >= 0.3 is 0 Å². The van der Waals surface area contributed by atoms with Crippen LogP contribution in [0.3, 0.4) is 0 Å². The second kappa shape index (κ2) is 6.07. The fraction of sp³-hybridized carbons (Fsp3) is 0.588. The molecule has 1 aromatic rings. The maximum Gasteiger partial charge on any atom is 0.269 e. The average molecular weight is 302 g/mol. The number of non-ortho nitro benzene ring substituents is 1. The van der Waals surface area contributed by atoms with Crippen LogP contribution >= 0.6 is 0 Å². The van der Waals surface area contributed by atoms with Gasteiger partial charge in [0.2, 0.25) is 5.91 Å². The Morgan fingerprint density at radius 1 is 1.32 bits per heavy atom. The zero-order chi connectivity index (χ0) is 15.7. The van der Waals surface area contributed by atoms with Crippen LogP contribution in [0.15, 0.2) is 24.3 Å². The van der Waals surface area contributed by atoms with Gasteiger partial charge in [-0.1, -0.05) is 18.6 Å². The highest BCUT2D eigenvalue weighted by Gasteiger charge is 2.42.